The van der Waals surface area contributed by atoms with E-state index in [4.69, 9.17) is 11.6 Å². The first-order valence-electron chi connectivity index (χ1n) is 8.67. The van der Waals surface area contributed by atoms with E-state index in [2.05, 4.69) is 15.3 Å². The average molecular weight is 354 g/mol. The maximum atomic E-state index is 12.4. The van der Waals surface area contributed by atoms with E-state index in [1.165, 1.54) is 0 Å². The second-order valence-electron chi connectivity index (χ2n) is 6.63. The highest BCUT2D eigenvalue weighted by molar-refractivity contribution is 6.30. The van der Waals surface area contributed by atoms with Gasteiger partial charge in [0.2, 0.25) is 5.91 Å². The zero-order valence-electron chi connectivity index (χ0n) is 13.8. The lowest BCUT2D eigenvalue weighted by Gasteiger charge is -2.19. The Hall–Kier alpha value is -2.33. The highest BCUT2D eigenvalue weighted by Crippen LogP contribution is 2.41. The molecule has 4 nitrogen and oxygen atoms in total. The molecule has 2 N–H and O–H groups in total. The van der Waals surface area contributed by atoms with Gasteiger partial charge in [0.15, 0.2) is 0 Å². The largest absolute Gasteiger partial charge is 0.349 e. The predicted molar refractivity (Wildman–Crippen MR) is 99.5 cm³/mol. The van der Waals surface area contributed by atoms with E-state index in [0.717, 1.165) is 40.3 Å². The second kappa shape index (κ2) is 6.89. The molecule has 1 aromatic heterocycles. The number of para-hydroxylation sites is 2. The summed E-state index contributed by atoms with van der Waals surface area (Å²) < 4.78 is 0. The quantitative estimate of drug-likeness (QED) is 0.689. The van der Waals surface area contributed by atoms with Crippen LogP contribution in [0.25, 0.3) is 11.0 Å². The van der Waals surface area contributed by atoms with Crippen LogP contribution in [0.15, 0.2) is 48.5 Å². The molecule has 0 saturated heterocycles. The Balaban J connectivity index is 1.39. The van der Waals surface area contributed by atoms with Crippen LogP contribution in [0.3, 0.4) is 0 Å². The standard InChI is InChI=1S/C20H20ClN3O/c21-15-9-7-14(8-10-15)20(13-5-6-13)24-19(25)12-11-18-22-16-3-1-2-4-17(16)23-18/h1-4,7-10,13,20H,5-6,11-12H2,(H,22,23)(H,24,25)/t20-/m1/s1. The number of imidazole rings is 1. The third-order valence-electron chi connectivity index (χ3n) is 4.67. The van der Waals surface area contributed by atoms with Crippen molar-refractivity contribution >= 4 is 28.5 Å². The monoisotopic (exact) mass is 353 g/mol. The van der Waals surface area contributed by atoms with Crippen LogP contribution in [-0.2, 0) is 11.2 Å². The van der Waals surface area contributed by atoms with Gasteiger partial charge in [0.25, 0.3) is 0 Å². The van der Waals surface area contributed by atoms with Crippen LogP contribution < -0.4 is 5.32 Å². The summed E-state index contributed by atoms with van der Waals surface area (Å²) in [6.45, 7) is 0. The lowest BCUT2D eigenvalue weighted by atomic mass is 10.0. The fourth-order valence-corrected chi connectivity index (χ4v) is 3.30. The van der Waals surface area contributed by atoms with E-state index >= 15 is 0 Å². The second-order valence-corrected chi connectivity index (χ2v) is 7.07. The number of H-pyrrole nitrogens is 1. The number of aromatic nitrogens is 2. The lowest BCUT2D eigenvalue weighted by molar-refractivity contribution is -0.122. The van der Waals surface area contributed by atoms with Crippen molar-refractivity contribution in [2.75, 3.05) is 0 Å². The number of rotatable bonds is 6. The van der Waals surface area contributed by atoms with Crippen molar-refractivity contribution in [3.63, 3.8) is 0 Å². The van der Waals surface area contributed by atoms with Gasteiger partial charge in [-0.15, -0.1) is 0 Å². The van der Waals surface area contributed by atoms with E-state index in [1.54, 1.807) is 0 Å². The summed E-state index contributed by atoms with van der Waals surface area (Å²) >= 11 is 5.97. The molecule has 1 aliphatic rings. The van der Waals surface area contributed by atoms with Crippen molar-refractivity contribution in [1.82, 2.24) is 15.3 Å². The molecule has 1 atom stereocenters. The van der Waals surface area contributed by atoms with E-state index in [1.807, 2.05) is 48.5 Å². The molecular formula is C20H20ClN3O. The van der Waals surface area contributed by atoms with Crippen molar-refractivity contribution in [3.05, 3.63) is 64.9 Å². The summed E-state index contributed by atoms with van der Waals surface area (Å²) in [5.74, 6) is 1.45. The Morgan fingerprint density at radius 3 is 2.68 bits per heavy atom. The molecule has 4 rings (SSSR count). The van der Waals surface area contributed by atoms with E-state index in [-0.39, 0.29) is 11.9 Å². The maximum absolute atomic E-state index is 12.4. The lowest BCUT2D eigenvalue weighted by Crippen LogP contribution is -2.30. The van der Waals surface area contributed by atoms with Crippen molar-refractivity contribution < 1.29 is 4.79 Å². The predicted octanol–water partition coefficient (Wildman–Crippen LogP) is 4.42. The van der Waals surface area contributed by atoms with Crippen LogP contribution >= 0.6 is 11.6 Å². The molecule has 3 aromatic rings. The van der Waals surface area contributed by atoms with Crippen molar-refractivity contribution in [2.24, 2.45) is 5.92 Å². The first-order chi connectivity index (χ1) is 12.2. The first kappa shape index (κ1) is 16.2. The molecule has 1 amide bonds. The molecule has 128 valence electrons. The van der Waals surface area contributed by atoms with Crippen molar-refractivity contribution in [1.29, 1.82) is 0 Å². The number of aryl methyl sites for hydroxylation is 1. The van der Waals surface area contributed by atoms with E-state index in [9.17, 15) is 4.79 Å². The number of nitrogens with one attached hydrogen (secondary N) is 2. The smallest absolute Gasteiger partial charge is 0.220 e. The van der Waals surface area contributed by atoms with Gasteiger partial charge < -0.3 is 10.3 Å². The summed E-state index contributed by atoms with van der Waals surface area (Å²) in [6.07, 6.45) is 3.36. The molecule has 25 heavy (non-hydrogen) atoms. The average Bonchev–Trinajstić information content (AvgIpc) is 3.37. The number of hydrogen-bond donors (Lipinski definition) is 2. The molecule has 0 spiro atoms. The Morgan fingerprint density at radius 2 is 1.96 bits per heavy atom. The minimum absolute atomic E-state index is 0.0623. The molecule has 1 fully saturated rings. The summed E-state index contributed by atoms with van der Waals surface area (Å²) in [5.41, 5.74) is 3.08. The Kier molecular flexibility index (Phi) is 4.45. The summed E-state index contributed by atoms with van der Waals surface area (Å²) in [6, 6.07) is 15.8. The molecule has 1 aliphatic carbocycles. The van der Waals surface area contributed by atoms with Crippen LogP contribution in [0.1, 0.15) is 36.7 Å². The van der Waals surface area contributed by atoms with Crippen molar-refractivity contribution in [3.8, 4) is 0 Å². The molecule has 2 aromatic carbocycles. The number of hydrogen-bond acceptors (Lipinski definition) is 2. The maximum Gasteiger partial charge on any atom is 0.220 e. The molecular weight excluding hydrogens is 334 g/mol. The van der Waals surface area contributed by atoms with Crippen LogP contribution in [0.5, 0.6) is 0 Å². The van der Waals surface area contributed by atoms with Gasteiger partial charge in [-0.25, -0.2) is 4.98 Å². The zero-order chi connectivity index (χ0) is 17.2. The molecule has 1 heterocycles. The van der Waals surface area contributed by atoms with Gasteiger partial charge in [0, 0.05) is 17.9 Å². The Labute approximate surface area is 151 Å². The highest BCUT2D eigenvalue weighted by atomic mass is 35.5. The van der Waals surface area contributed by atoms with Crippen LogP contribution in [0.4, 0.5) is 0 Å². The summed E-state index contributed by atoms with van der Waals surface area (Å²) in [4.78, 5) is 20.2. The van der Waals surface area contributed by atoms with Crippen LogP contribution in [0.2, 0.25) is 5.02 Å². The number of aromatic amines is 1. The van der Waals surface area contributed by atoms with Gasteiger partial charge in [-0.3, -0.25) is 4.79 Å². The van der Waals surface area contributed by atoms with Gasteiger partial charge in [0.1, 0.15) is 5.82 Å². The minimum atomic E-state index is 0.0623. The van der Waals surface area contributed by atoms with Gasteiger partial charge in [-0.05, 0) is 48.6 Å². The molecule has 0 unspecified atom stereocenters. The van der Waals surface area contributed by atoms with Gasteiger partial charge in [-0.2, -0.15) is 0 Å². The number of halogens is 1. The molecule has 1 saturated carbocycles. The third-order valence-corrected chi connectivity index (χ3v) is 4.92. The van der Waals surface area contributed by atoms with Crippen LogP contribution in [0, 0.1) is 5.92 Å². The summed E-state index contributed by atoms with van der Waals surface area (Å²) in [5, 5.41) is 3.91. The topological polar surface area (TPSA) is 57.8 Å². The third kappa shape index (κ3) is 3.85. The van der Waals surface area contributed by atoms with Crippen molar-refractivity contribution in [2.45, 2.75) is 31.7 Å². The normalized spacial score (nSPS) is 15.2. The number of fused-ring (bicyclic) bond motifs is 1. The minimum Gasteiger partial charge on any atom is -0.349 e. The fourth-order valence-electron chi connectivity index (χ4n) is 3.17. The number of nitrogens with zero attached hydrogens (tertiary/aromatic N) is 1. The summed E-state index contributed by atoms with van der Waals surface area (Å²) in [7, 11) is 0. The highest BCUT2D eigenvalue weighted by Gasteiger charge is 2.33. The van der Waals surface area contributed by atoms with E-state index < -0.39 is 0 Å². The van der Waals surface area contributed by atoms with Gasteiger partial charge >= 0.3 is 0 Å². The SMILES string of the molecule is O=C(CCc1nc2ccccc2[nH]1)N[C@@H](c1ccc(Cl)cc1)C1CC1. The number of carbonyl (C=O) groups is 1. The number of carbonyl (C=O) groups excluding carboxylic acids is 1. The molecule has 0 radical (unpaired) electrons. The van der Waals surface area contributed by atoms with E-state index in [0.29, 0.717) is 18.8 Å². The number of benzene rings is 2. The molecule has 0 bridgehead atoms. The van der Waals surface area contributed by atoms with Gasteiger partial charge in [-0.1, -0.05) is 35.9 Å². The molecule has 0 aliphatic heterocycles. The zero-order valence-corrected chi connectivity index (χ0v) is 14.6. The van der Waals surface area contributed by atoms with Gasteiger partial charge in [0.05, 0.1) is 17.1 Å². The number of amides is 1. The van der Waals surface area contributed by atoms with Crippen LogP contribution in [-0.4, -0.2) is 15.9 Å². The Morgan fingerprint density at radius 1 is 1.20 bits per heavy atom. The first-order valence-corrected chi connectivity index (χ1v) is 9.05. The molecule has 5 heteroatoms. The fraction of sp³-hybridized carbons (Fsp3) is 0.300. The Bertz CT molecular complexity index is 850.